The number of nitrogens with one attached hydrogen (secondary N) is 2. The molecule has 1 aliphatic rings. The van der Waals surface area contributed by atoms with Gasteiger partial charge in [0.2, 0.25) is 5.91 Å². The van der Waals surface area contributed by atoms with Crippen molar-refractivity contribution in [3.63, 3.8) is 0 Å². The molecule has 140 valence electrons. The molecule has 1 atom stereocenters. The summed E-state index contributed by atoms with van der Waals surface area (Å²) in [6.45, 7) is 6.63. The van der Waals surface area contributed by atoms with E-state index in [1.807, 2.05) is 17.5 Å². The third-order valence-corrected chi connectivity index (χ3v) is 6.04. The van der Waals surface area contributed by atoms with Crippen LogP contribution in [0.2, 0.25) is 0 Å². The van der Waals surface area contributed by atoms with Gasteiger partial charge in [0, 0.05) is 16.6 Å². The van der Waals surface area contributed by atoms with E-state index >= 15 is 0 Å². The molecule has 26 heavy (non-hydrogen) atoms. The van der Waals surface area contributed by atoms with E-state index in [0.717, 1.165) is 23.4 Å². The van der Waals surface area contributed by atoms with Crippen molar-refractivity contribution in [1.29, 1.82) is 0 Å². The van der Waals surface area contributed by atoms with Crippen LogP contribution < -0.4 is 10.6 Å². The quantitative estimate of drug-likeness (QED) is 0.714. The maximum atomic E-state index is 13.0. The van der Waals surface area contributed by atoms with Crippen molar-refractivity contribution < 1.29 is 4.79 Å². The van der Waals surface area contributed by atoms with E-state index in [0.29, 0.717) is 6.04 Å². The molecule has 3 nitrogen and oxygen atoms in total. The van der Waals surface area contributed by atoms with Gasteiger partial charge in [-0.1, -0.05) is 58.2 Å². The SMILES string of the molecule is CC(C)(C)c1ccc(NC(C(=O)NC2CCCCC2)c2cccs2)cc1. The summed E-state index contributed by atoms with van der Waals surface area (Å²) in [4.78, 5) is 14.0. The second-order valence-electron chi connectivity index (χ2n) is 8.26. The van der Waals surface area contributed by atoms with Crippen LogP contribution in [-0.4, -0.2) is 11.9 Å². The molecule has 1 heterocycles. The average molecular weight is 371 g/mol. The first-order valence-corrected chi connectivity index (χ1v) is 10.5. The van der Waals surface area contributed by atoms with E-state index in [2.05, 4.69) is 55.7 Å². The Morgan fingerprint density at radius 3 is 2.35 bits per heavy atom. The van der Waals surface area contributed by atoms with E-state index < -0.39 is 0 Å². The Labute approximate surface area is 161 Å². The van der Waals surface area contributed by atoms with Gasteiger partial charge in [0.05, 0.1) is 0 Å². The molecule has 2 aromatic rings. The van der Waals surface area contributed by atoms with Crippen molar-refractivity contribution in [2.24, 2.45) is 0 Å². The van der Waals surface area contributed by atoms with Gasteiger partial charge in [-0.05, 0) is 47.4 Å². The van der Waals surface area contributed by atoms with E-state index in [1.54, 1.807) is 11.3 Å². The Morgan fingerprint density at radius 2 is 1.77 bits per heavy atom. The molecule has 1 unspecified atom stereocenters. The van der Waals surface area contributed by atoms with Gasteiger partial charge in [-0.3, -0.25) is 4.79 Å². The maximum Gasteiger partial charge on any atom is 0.248 e. The van der Waals surface area contributed by atoms with Gasteiger partial charge in [-0.15, -0.1) is 11.3 Å². The molecule has 3 rings (SSSR count). The number of carbonyl (C=O) groups excluding carboxylic acids is 1. The van der Waals surface area contributed by atoms with Crippen LogP contribution >= 0.6 is 11.3 Å². The molecule has 1 amide bonds. The fourth-order valence-corrected chi connectivity index (χ4v) is 4.26. The molecule has 1 aromatic heterocycles. The first-order valence-electron chi connectivity index (χ1n) is 9.64. The van der Waals surface area contributed by atoms with E-state index in [9.17, 15) is 4.79 Å². The minimum Gasteiger partial charge on any atom is -0.369 e. The lowest BCUT2D eigenvalue weighted by molar-refractivity contribution is -0.122. The number of amides is 1. The summed E-state index contributed by atoms with van der Waals surface area (Å²) >= 11 is 1.62. The van der Waals surface area contributed by atoms with Crippen molar-refractivity contribution in [3.05, 3.63) is 52.2 Å². The third-order valence-electron chi connectivity index (χ3n) is 5.10. The van der Waals surface area contributed by atoms with Gasteiger partial charge in [-0.25, -0.2) is 0 Å². The highest BCUT2D eigenvalue weighted by Gasteiger charge is 2.25. The van der Waals surface area contributed by atoms with Crippen LogP contribution in [0, 0.1) is 0 Å². The monoisotopic (exact) mass is 370 g/mol. The second kappa shape index (κ2) is 8.26. The van der Waals surface area contributed by atoms with Crippen LogP contribution in [0.1, 0.15) is 69.4 Å². The molecule has 0 saturated heterocycles. The number of carbonyl (C=O) groups is 1. The average Bonchev–Trinajstić information content (AvgIpc) is 3.14. The molecule has 1 aromatic carbocycles. The molecule has 0 aliphatic heterocycles. The number of hydrogen-bond donors (Lipinski definition) is 2. The number of thiophene rings is 1. The van der Waals surface area contributed by atoms with Gasteiger partial charge in [0.25, 0.3) is 0 Å². The molecule has 1 aliphatic carbocycles. The Hall–Kier alpha value is -1.81. The molecule has 1 saturated carbocycles. The summed E-state index contributed by atoms with van der Waals surface area (Å²) < 4.78 is 0. The van der Waals surface area contributed by atoms with Crippen LogP contribution in [0.5, 0.6) is 0 Å². The van der Waals surface area contributed by atoms with Gasteiger partial charge in [0.15, 0.2) is 0 Å². The normalized spacial score (nSPS) is 16.9. The molecular formula is C22H30N2OS. The minimum absolute atomic E-state index is 0.0826. The third kappa shape index (κ3) is 4.88. The smallest absolute Gasteiger partial charge is 0.248 e. The molecule has 2 N–H and O–H groups in total. The predicted molar refractivity (Wildman–Crippen MR) is 111 cm³/mol. The van der Waals surface area contributed by atoms with Crippen LogP contribution in [0.15, 0.2) is 41.8 Å². The second-order valence-corrected chi connectivity index (χ2v) is 9.24. The summed E-state index contributed by atoms with van der Waals surface area (Å²) in [5, 5.41) is 8.74. The van der Waals surface area contributed by atoms with Crippen LogP contribution in [0.4, 0.5) is 5.69 Å². The standard InChI is InChI=1S/C22H30N2OS/c1-22(2,3)16-11-13-18(14-12-16)23-20(19-10-7-15-26-19)21(25)24-17-8-5-4-6-9-17/h7,10-15,17,20,23H,4-6,8-9H2,1-3H3,(H,24,25). The lowest BCUT2D eigenvalue weighted by Gasteiger charge is -2.26. The van der Waals surface area contributed by atoms with E-state index in [1.165, 1.54) is 24.8 Å². The number of rotatable bonds is 5. The predicted octanol–water partition coefficient (Wildman–Crippen LogP) is 5.65. The molecule has 4 heteroatoms. The first-order chi connectivity index (χ1) is 12.4. The zero-order chi connectivity index (χ0) is 18.6. The molecule has 0 bridgehead atoms. The zero-order valence-corrected chi connectivity index (χ0v) is 16.9. The fourth-order valence-electron chi connectivity index (χ4n) is 3.49. The maximum absolute atomic E-state index is 13.0. The highest BCUT2D eigenvalue weighted by Crippen LogP contribution is 2.28. The Bertz CT molecular complexity index is 695. The Morgan fingerprint density at radius 1 is 1.08 bits per heavy atom. The summed E-state index contributed by atoms with van der Waals surface area (Å²) in [6.07, 6.45) is 5.93. The van der Waals surface area contributed by atoms with Crippen molar-refractivity contribution in [2.75, 3.05) is 5.32 Å². The Kier molecular flexibility index (Phi) is 6.02. The summed E-state index contributed by atoms with van der Waals surface area (Å²) in [5.74, 6) is 0.0826. The lowest BCUT2D eigenvalue weighted by Crippen LogP contribution is -2.41. The van der Waals surface area contributed by atoms with Crippen LogP contribution in [-0.2, 0) is 10.2 Å². The van der Waals surface area contributed by atoms with Crippen molar-refractivity contribution >= 4 is 22.9 Å². The van der Waals surface area contributed by atoms with Crippen molar-refractivity contribution in [3.8, 4) is 0 Å². The molecular weight excluding hydrogens is 340 g/mol. The largest absolute Gasteiger partial charge is 0.369 e. The molecule has 1 fully saturated rings. The Balaban J connectivity index is 1.73. The highest BCUT2D eigenvalue weighted by atomic mass is 32.1. The summed E-state index contributed by atoms with van der Waals surface area (Å²) in [5.41, 5.74) is 2.40. The molecule has 0 radical (unpaired) electrons. The number of anilines is 1. The van der Waals surface area contributed by atoms with Gasteiger partial charge in [0.1, 0.15) is 6.04 Å². The topological polar surface area (TPSA) is 41.1 Å². The van der Waals surface area contributed by atoms with Gasteiger partial charge >= 0.3 is 0 Å². The van der Waals surface area contributed by atoms with E-state index in [-0.39, 0.29) is 17.4 Å². The summed E-state index contributed by atoms with van der Waals surface area (Å²) in [6, 6.07) is 12.5. The van der Waals surface area contributed by atoms with Crippen molar-refractivity contribution in [1.82, 2.24) is 5.32 Å². The number of hydrogen-bond acceptors (Lipinski definition) is 3. The van der Waals surface area contributed by atoms with Crippen LogP contribution in [0.25, 0.3) is 0 Å². The minimum atomic E-state index is -0.336. The van der Waals surface area contributed by atoms with Crippen molar-refractivity contribution in [2.45, 2.75) is 70.4 Å². The number of benzene rings is 1. The zero-order valence-electron chi connectivity index (χ0n) is 16.0. The molecule has 0 spiro atoms. The fraction of sp³-hybridized carbons (Fsp3) is 0.500. The van der Waals surface area contributed by atoms with Crippen LogP contribution in [0.3, 0.4) is 0 Å². The van der Waals surface area contributed by atoms with Gasteiger partial charge in [-0.2, -0.15) is 0 Å². The lowest BCUT2D eigenvalue weighted by atomic mass is 9.87. The summed E-state index contributed by atoms with van der Waals surface area (Å²) in [7, 11) is 0. The van der Waals surface area contributed by atoms with E-state index in [4.69, 9.17) is 0 Å². The van der Waals surface area contributed by atoms with Gasteiger partial charge < -0.3 is 10.6 Å². The highest BCUT2D eigenvalue weighted by molar-refractivity contribution is 7.10. The first kappa shape index (κ1) is 19.0.